The first-order valence-electron chi connectivity index (χ1n) is 12.0. The Morgan fingerprint density at radius 3 is 2.22 bits per heavy atom. The monoisotopic (exact) mass is 513 g/mol. The molecule has 3 rings (SSSR count). The van der Waals surface area contributed by atoms with Gasteiger partial charge in [-0.2, -0.15) is 0 Å². The summed E-state index contributed by atoms with van der Waals surface area (Å²) in [6.45, 7) is 5.54. The van der Waals surface area contributed by atoms with Crippen molar-refractivity contribution in [3.05, 3.63) is 65.7 Å². The van der Waals surface area contributed by atoms with Crippen LogP contribution in [0.1, 0.15) is 56.0 Å². The van der Waals surface area contributed by atoms with Gasteiger partial charge in [0.25, 0.3) is 5.91 Å². The summed E-state index contributed by atoms with van der Waals surface area (Å²) in [5.41, 5.74) is 0.790. The molecule has 0 aromatic heterocycles. The molecule has 1 aliphatic carbocycles. The molecule has 0 aliphatic heterocycles. The molecule has 1 aliphatic rings. The topological polar surface area (TPSA) is 106 Å². The number of ether oxygens (including phenoxy) is 2. The van der Waals surface area contributed by atoms with Crippen LogP contribution in [-0.2, 0) is 16.1 Å². The standard InChI is InChI=1S/C27H35N3O5S/c1-27(2,3)35-26(33)30-23-16-20(28-25(32)34-17-18-8-6-5-7-9-18)12-15-22(23)29-24(31)19-10-13-21(36-4)14-11-19/h5-11,13-14,20,22-23H,12,15-17H2,1-4H3,(H,28,32)(H,29,31)(H,30,33). The lowest BCUT2D eigenvalue weighted by molar-refractivity contribution is 0.0467. The maximum atomic E-state index is 12.9. The van der Waals surface area contributed by atoms with E-state index in [0.29, 0.717) is 24.8 Å². The fourth-order valence-electron chi connectivity index (χ4n) is 4.02. The molecular weight excluding hydrogens is 478 g/mol. The van der Waals surface area contributed by atoms with Gasteiger partial charge in [-0.05, 0) is 76.1 Å². The van der Waals surface area contributed by atoms with Crippen LogP contribution >= 0.6 is 11.8 Å². The number of alkyl carbamates (subject to hydrolysis) is 2. The molecule has 0 bridgehead atoms. The van der Waals surface area contributed by atoms with Crippen LogP contribution in [-0.4, -0.2) is 48.1 Å². The van der Waals surface area contributed by atoms with Crippen molar-refractivity contribution >= 4 is 29.9 Å². The summed E-state index contributed by atoms with van der Waals surface area (Å²) >= 11 is 1.61. The molecule has 0 saturated heterocycles. The lowest BCUT2D eigenvalue weighted by Gasteiger charge is -2.37. The predicted molar refractivity (Wildman–Crippen MR) is 140 cm³/mol. The Labute approximate surface area is 216 Å². The Morgan fingerprint density at radius 1 is 0.889 bits per heavy atom. The molecule has 0 heterocycles. The molecule has 1 fully saturated rings. The second-order valence-electron chi connectivity index (χ2n) is 9.78. The molecule has 8 nitrogen and oxygen atoms in total. The molecule has 3 amide bonds. The molecule has 194 valence electrons. The molecule has 3 unspecified atom stereocenters. The van der Waals surface area contributed by atoms with E-state index in [0.717, 1.165) is 10.5 Å². The molecule has 2 aromatic rings. The summed E-state index contributed by atoms with van der Waals surface area (Å²) < 4.78 is 10.8. The van der Waals surface area contributed by atoms with E-state index < -0.39 is 23.8 Å². The number of carbonyl (C=O) groups excluding carboxylic acids is 3. The van der Waals surface area contributed by atoms with Crippen molar-refractivity contribution in [3.8, 4) is 0 Å². The van der Waals surface area contributed by atoms with Crippen molar-refractivity contribution < 1.29 is 23.9 Å². The van der Waals surface area contributed by atoms with Gasteiger partial charge < -0.3 is 25.4 Å². The number of thioether (sulfide) groups is 1. The van der Waals surface area contributed by atoms with Crippen LogP contribution in [0.15, 0.2) is 59.5 Å². The molecule has 0 radical (unpaired) electrons. The Balaban J connectivity index is 1.62. The fraction of sp³-hybridized carbons (Fsp3) is 0.444. The van der Waals surface area contributed by atoms with Gasteiger partial charge in [0, 0.05) is 22.5 Å². The van der Waals surface area contributed by atoms with Crippen molar-refractivity contribution in [2.24, 2.45) is 0 Å². The van der Waals surface area contributed by atoms with Gasteiger partial charge in [0.1, 0.15) is 12.2 Å². The van der Waals surface area contributed by atoms with Gasteiger partial charge >= 0.3 is 12.2 Å². The highest BCUT2D eigenvalue weighted by atomic mass is 32.2. The summed E-state index contributed by atoms with van der Waals surface area (Å²) in [6.07, 6.45) is 2.52. The molecule has 1 saturated carbocycles. The van der Waals surface area contributed by atoms with E-state index in [2.05, 4.69) is 16.0 Å². The van der Waals surface area contributed by atoms with E-state index in [1.54, 1.807) is 44.7 Å². The maximum absolute atomic E-state index is 12.9. The smallest absolute Gasteiger partial charge is 0.407 e. The second kappa shape index (κ2) is 12.7. The SMILES string of the molecule is CSc1ccc(C(=O)NC2CCC(NC(=O)OCc3ccccc3)CC2NC(=O)OC(C)(C)C)cc1. The lowest BCUT2D eigenvalue weighted by Crippen LogP contribution is -2.58. The number of rotatable bonds is 7. The lowest BCUT2D eigenvalue weighted by atomic mass is 9.86. The summed E-state index contributed by atoms with van der Waals surface area (Å²) in [4.78, 5) is 38.9. The van der Waals surface area contributed by atoms with E-state index in [1.165, 1.54) is 0 Å². The third-order valence-corrected chi connectivity index (χ3v) is 6.50. The Kier molecular flexibility index (Phi) is 9.64. The molecule has 9 heteroatoms. The highest BCUT2D eigenvalue weighted by Gasteiger charge is 2.34. The maximum Gasteiger partial charge on any atom is 0.407 e. The number of nitrogens with one attached hydrogen (secondary N) is 3. The minimum absolute atomic E-state index is 0.174. The number of hydrogen-bond acceptors (Lipinski definition) is 6. The van der Waals surface area contributed by atoms with Crippen LogP contribution in [0.3, 0.4) is 0 Å². The minimum atomic E-state index is -0.657. The summed E-state index contributed by atoms with van der Waals surface area (Å²) in [7, 11) is 0. The summed E-state index contributed by atoms with van der Waals surface area (Å²) in [6, 6.07) is 15.8. The minimum Gasteiger partial charge on any atom is -0.445 e. The predicted octanol–water partition coefficient (Wildman–Crippen LogP) is 4.88. The largest absolute Gasteiger partial charge is 0.445 e. The summed E-state index contributed by atoms with van der Waals surface area (Å²) in [5, 5.41) is 8.83. The fourth-order valence-corrected chi connectivity index (χ4v) is 4.43. The van der Waals surface area contributed by atoms with Gasteiger partial charge in [0.15, 0.2) is 0 Å². The van der Waals surface area contributed by atoms with Gasteiger partial charge in [-0.1, -0.05) is 30.3 Å². The number of amides is 3. The van der Waals surface area contributed by atoms with Crippen molar-refractivity contribution in [3.63, 3.8) is 0 Å². The first kappa shape index (κ1) is 27.4. The van der Waals surface area contributed by atoms with Gasteiger partial charge in [-0.3, -0.25) is 4.79 Å². The second-order valence-corrected chi connectivity index (χ2v) is 10.7. The van der Waals surface area contributed by atoms with Crippen LogP contribution in [0.2, 0.25) is 0 Å². The van der Waals surface area contributed by atoms with Crippen LogP contribution in [0, 0.1) is 0 Å². The highest BCUT2D eigenvalue weighted by molar-refractivity contribution is 7.98. The van der Waals surface area contributed by atoms with E-state index in [-0.39, 0.29) is 24.6 Å². The molecule has 3 N–H and O–H groups in total. The number of hydrogen-bond donors (Lipinski definition) is 3. The van der Waals surface area contributed by atoms with E-state index >= 15 is 0 Å². The zero-order valence-electron chi connectivity index (χ0n) is 21.2. The van der Waals surface area contributed by atoms with Gasteiger partial charge in [0.05, 0.1) is 6.04 Å². The van der Waals surface area contributed by atoms with Crippen molar-refractivity contribution in [1.29, 1.82) is 0 Å². The zero-order chi connectivity index (χ0) is 26.1. The average molecular weight is 514 g/mol. The van der Waals surface area contributed by atoms with E-state index in [4.69, 9.17) is 9.47 Å². The van der Waals surface area contributed by atoms with Crippen molar-refractivity contribution in [2.75, 3.05) is 6.26 Å². The molecule has 3 atom stereocenters. The summed E-state index contributed by atoms with van der Waals surface area (Å²) in [5.74, 6) is -0.211. The first-order valence-corrected chi connectivity index (χ1v) is 13.3. The average Bonchev–Trinajstić information content (AvgIpc) is 2.84. The number of carbonyl (C=O) groups is 3. The van der Waals surface area contributed by atoms with Crippen LogP contribution < -0.4 is 16.0 Å². The van der Waals surface area contributed by atoms with Crippen LogP contribution in [0.5, 0.6) is 0 Å². The Bertz CT molecular complexity index is 1020. The van der Waals surface area contributed by atoms with E-state index in [9.17, 15) is 14.4 Å². The zero-order valence-corrected chi connectivity index (χ0v) is 22.0. The molecular formula is C27H35N3O5S. The van der Waals surface area contributed by atoms with Crippen molar-refractivity contribution in [1.82, 2.24) is 16.0 Å². The third-order valence-electron chi connectivity index (χ3n) is 5.76. The third kappa shape index (κ3) is 8.78. The van der Waals surface area contributed by atoms with Crippen LogP contribution in [0.4, 0.5) is 9.59 Å². The molecule has 36 heavy (non-hydrogen) atoms. The van der Waals surface area contributed by atoms with E-state index in [1.807, 2.05) is 48.7 Å². The van der Waals surface area contributed by atoms with Crippen molar-refractivity contribution in [2.45, 2.75) is 75.3 Å². The molecule has 0 spiro atoms. The Hall–Kier alpha value is -3.20. The Morgan fingerprint density at radius 2 is 1.58 bits per heavy atom. The normalized spacial score (nSPS) is 19.6. The quantitative estimate of drug-likeness (QED) is 0.456. The number of benzene rings is 2. The molecule has 2 aromatic carbocycles. The first-order chi connectivity index (χ1) is 17.1. The van der Waals surface area contributed by atoms with Gasteiger partial charge in [-0.15, -0.1) is 11.8 Å². The van der Waals surface area contributed by atoms with Gasteiger partial charge in [0.2, 0.25) is 0 Å². The van der Waals surface area contributed by atoms with Crippen LogP contribution in [0.25, 0.3) is 0 Å². The van der Waals surface area contributed by atoms with Gasteiger partial charge in [-0.25, -0.2) is 9.59 Å². The highest BCUT2D eigenvalue weighted by Crippen LogP contribution is 2.22.